The average molecular weight is 326 g/mol. The average Bonchev–Trinajstić information content (AvgIpc) is 2.55. The number of hydrogen-bond donors (Lipinski definition) is 1. The van der Waals surface area contributed by atoms with Gasteiger partial charge in [-0.05, 0) is 45.1 Å². The highest BCUT2D eigenvalue weighted by Crippen LogP contribution is 2.15. The topological polar surface area (TPSA) is 89.4 Å². The number of aliphatic carboxylic acids is 1. The van der Waals surface area contributed by atoms with E-state index >= 15 is 0 Å². The van der Waals surface area contributed by atoms with Crippen LogP contribution in [0.15, 0.2) is 30.3 Å². The van der Waals surface area contributed by atoms with Crippen LogP contribution < -0.4 is 4.74 Å². The van der Waals surface area contributed by atoms with Crippen LogP contribution in [0, 0.1) is 20.8 Å². The fourth-order valence-electron chi connectivity index (χ4n) is 2.03. The first-order chi connectivity index (χ1) is 11.4. The molecule has 24 heavy (non-hydrogen) atoms. The van der Waals surface area contributed by atoms with Crippen molar-refractivity contribution in [1.29, 1.82) is 0 Å². The second kappa shape index (κ2) is 7.50. The second-order valence-corrected chi connectivity index (χ2v) is 5.27. The predicted octanol–water partition coefficient (Wildman–Crippen LogP) is 2.76. The molecule has 0 bridgehead atoms. The molecule has 0 saturated carbocycles. The molecule has 0 radical (unpaired) electrons. The summed E-state index contributed by atoms with van der Waals surface area (Å²) in [4.78, 5) is 31.6. The summed E-state index contributed by atoms with van der Waals surface area (Å²) in [5, 5.41) is 8.62. The smallest absolute Gasteiger partial charge is 0.341 e. The zero-order valence-corrected chi connectivity index (χ0v) is 13.7. The summed E-state index contributed by atoms with van der Waals surface area (Å²) in [5.74, 6) is -0.968. The van der Waals surface area contributed by atoms with Crippen LogP contribution in [0.2, 0.25) is 0 Å². The lowest BCUT2D eigenvalue weighted by Gasteiger charge is -2.05. The molecular formula is C18H18N2O4. The third-order valence-corrected chi connectivity index (χ3v) is 3.39. The van der Waals surface area contributed by atoms with Crippen molar-refractivity contribution in [3.05, 3.63) is 58.7 Å². The molecule has 6 nitrogen and oxygen atoms in total. The van der Waals surface area contributed by atoms with E-state index in [2.05, 4.69) is 9.97 Å². The van der Waals surface area contributed by atoms with Gasteiger partial charge in [0.2, 0.25) is 0 Å². The molecule has 1 aromatic heterocycles. The lowest BCUT2D eigenvalue weighted by molar-refractivity contribution is -0.139. The number of carboxylic acids is 1. The predicted molar refractivity (Wildman–Crippen MR) is 89.2 cm³/mol. The summed E-state index contributed by atoms with van der Waals surface area (Å²) in [7, 11) is 0. The number of ketones is 1. The Bertz CT molecular complexity index is 813. The molecule has 0 aliphatic carbocycles. The van der Waals surface area contributed by atoms with E-state index in [0.717, 1.165) is 17.1 Å². The maximum atomic E-state index is 12.3. The Hall–Kier alpha value is -3.02. The lowest BCUT2D eigenvalue weighted by Crippen LogP contribution is -2.09. The molecule has 0 spiro atoms. The Morgan fingerprint density at radius 1 is 1.12 bits per heavy atom. The molecule has 0 atom stereocenters. The van der Waals surface area contributed by atoms with E-state index < -0.39 is 12.6 Å². The van der Waals surface area contributed by atoms with Gasteiger partial charge in [0.05, 0.1) is 22.8 Å². The van der Waals surface area contributed by atoms with Crippen molar-refractivity contribution in [2.75, 3.05) is 6.61 Å². The molecule has 0 aliphatic heterocycles. The summed E-state index contributed by atoms with van der Waals surface area (Å²) < 4.78 is 5.07. The molecule has 0 unspecified atom stereocenters. The van der Waals surface area contributed by atoms with Crippen LogP contribution in [-0.4, -0.2) is 33.4 Å². The van der Waals surface area contributed by atoms with Gasteiger partial charge in [0.15, 0.2) is 12.4 Å². The number of aryl methyl sites for hydroxylation is 3. The highest BCUT2D eigenvalue weighted by atomic mass is 16.5. The summed E-state index contributed by atoms with van der Waals surface area (Å²) in [6, 6.07) is 6.38. The number of carbonyl (C=O) groups is 2. The Balaban J connectivity index is 2.16. The SMILES string of the molecule is Cc1nc(C)c(/C=C/C(=O)c2cccc(OCC(=O)O)c2)nc1C. The van der Waals surface area contributed by atoms with Crippen molar-refractivity contribution in [2.45, 2.75) is 20.8 Å². The maximum absolute atomic E-state index is 12.3. The molecule has 1 N–H and O–H groups in total. The molecule has 0 aliphatic rings. The fraction of sp³-hybridized carbons (Fsp3) is 0.222. The minimum absolute atomic E-state index is 0.227. The lowest BCUT2D eigenvalue weighted by atomic mass is 10.1. The van der Waals surface area contributed by atoms with E-state index in [1.165, 1.54) is 12.1 Å². The minimum Gasteiger partial charge on any atom is -0.482 e. The van der Waals surface area contributed by atoms with E-state index in [9.17, 15) is 9.59 Å². The molecule has 2 aromatic rings. The van der Waals surface area contributed by atoms with Gasteiger partial charge in [0.25, 0.3) is 0 Å². The minimum atomic E-state index is -1.07. The van der Waals surface area contributed by atoms with E-state index in [4.69, 9.17) is 9.84 Å². The van der Waals surface area contributed by atoms with Gasteiger partial charge in [-0.1, -0.05) is 12.1 Å². The standard InChI is InChI=1S/C18H18N2O4/c1-11-12(2)20-16(13(3)19-11)7-8-17(21)14-5-4-6-15(9-14)24-10-18(22)23/h4-9H,10H2,1-3H3,(H,22,23)/b8-7+. The first-order valence-electron chi connectivity index (χ1n) is 7.35. The zero-order chi connectivity index (χ0) is 17.7. The van der Waals surface area contributed by atoms with Crippen LogP contribution >= 0.6 is 0 Å². The molecule has 2 rings (SSSR count). The Kier molecular flexibility index (Phi) is 5.42. The van der Waals surface area contributed by atoms with Gasteiger partial charge in [-0.3, -0.25) is 9.78 Å². The molecule has 0 fully saturated rings. The number of allylic oxidation sites excluding steroid dienone is 1. The van der Waals surface area contributed by atoms with Crippen LogP contribution in [0.25, 0.3) is 6.08 Å². The molecule has 124 valence electrons. The molecule has 1 heterocycles. The second-order valence-electron chi connectivity index (χ2n) is 5.27. The van der Waals surface area contributed by atoms with Gasteiger partial charge >= 0.3 is 5.97 Å². The van der Waals surface area contributed by atoms with E-state index in [0.29, 0.717) is 17.0 Å². The van der Waals surface area contributed by atoms with Gasteiger partial charge in [-0.15, -0.1) is 0 Å². The van der Waals surface area contributed by atoms with Crippen molar-refractivity contribution in [3.63, 3.8) is 0 Å². The van der Waals surface area contributed by atoms with Crippen LogP contribution in [0.4, 0.5) is 0 Å². The van der Waals surface area contributed by atoms with Gasteiger partial charge in [0, 0.05) is 5.56 Å². The summed E-state index contributed by atoms with van der Waals surface area (Å²) >= 11 is 0. The molecular weight excluding hydrogens is 308 g/mol. The Morgan fingerprint density at radius 3 is 2.54 bits per heavy atom. The van der Waals surface area contributed by atoms with Gasteiger partial charge in [-0.25, -0.2) is 9.78 Å². The number of benzene rings is 1. The third kappa shape index (κ3) is 4.49. The fourth-order valence-corrected chi connectivity index (χ4v) is 2.03. The molecule has 0 amide bonds. The first kappa shape index (κ1) is 17.3. The number of nitrogens with zero attached hydrogens (tertiary/aromatic N) is 2. The van der Waals surface area contributed by atoms with Crippen molar-refractivity contribution in [1.82, 2.24) is 9.97 Å². The molecule has 0 saturated heterocycles. The van der Waals surface area contributed by atoms with Gasteiger partial charge in [0.1, 0.15) is 5.75 Å². The van der Waals surface area contributed by atoms with E-state index in [1.54, 1.807) is 24.3 Å². The van der Waals surface area contributed by atoms with Crippen molar-refractivity contribution in [2.24, 2.45) is 0 Å². The number of aromatic nitrogens is 2. The monoisotopic (exact) mass is 326 g/mol. The summed E-state index contributed by atoms with van der Waals surface area (Å²) in [6.07, 6.45) is 3.05. The van der Waals surface area contributed by atoms with Crippen molar-refractivity contribution < 1.29 is 19.4 Å². The normalized spacial score (nSPS) is 10.8. The number of carbonyl (C=O) groups excluding carboxylic acids is 1. The van der Waals surface area contributed by atoms with Gasteiger partial charge in [-0.2, -0.15) is 0 Å². The highest BCUT2D eigenvalue weighted by Gasteiger charge is 2.07. The first-order valence-corrected chi connectivity index (χ1v) is 7.35. The zero-order valence-electron chi connectivity index (χ0n) is 13.7. The quantitative estimate of drug-likeness (QED) is 0.648. The van der Waals surface area contributed by atoms with Crippen LogP contribution in [0.3, 0.4) is 0 Å². The van der Waals surface area contributed by atoms with Crippen LogP contribution in [-0.2, 0) is 4.79 Å². The maximum Gasteiger partial charge on any atom is 0.341 e. The molecule has 1 aromatic carbocycles. The molecule has 6 heteroatoms. The summed E-state index contributed by atoms with van der Waals surface area (Å²) in [6.45, 7) is 5.13. The van der Waals surface area contributed by atoms with E-state index in [1.807, 2.05) is 20.8 Å². The Labute approximate surface area is 139 Å². The largest absolute Gasteiger partial charge is 0.482 e. The van der Waals surface area contributed by atoms with Crippen molar-refractivity contribution in [3.8, 4) is 5.75 Å². The van der Waals surface area contributed by atoms with Gasteiger partial charge < -0.3 is 9.84 Å². The number of carboxylic acid groups (broad SMARTS) is 1. The number of rotatable bonds is 6. The Morgan fingerprint density at radius 2 is 1.83 bits per heavy atom. The van der Waals surface area contributed by atoms with Crippen molar-refractivity contribution >= 4 is 17.8 Å². The van der Waals surface area contributed by atoms with E-state index in [-0.39, 0.29) is 5.78 Å². The summed E-state index contributed by atoms with van der Waals surface area (Å²) in [5.41, 5.74) is 3.48. The number of ether oxygens (including phenoxy) is 1. The highest BCUT2D eigenvalue weighted by molar-refractivity contribution is 6.07. The third-order valence-electron chi connectivity index (χ3n) is 3.39. The van der Waals surface area contributed by atoms with Crippen LogP contribution in [0.5, 0.6) is 5.75 Å². The number of hydrogen-bond acceptors (Lipinski definition) is 5. The van der Waals surface area contributed by atoms with Crippen LogP contribution in [0.1, 0.15) is 33.1 Å².